The Morgan fingerprint density at radius 1 is 1.11 bits per heavy atom. The molecule has 1 aromatic carbocycles. The molecule has 2 atom stereocenters. The Bertz CT molecular complexity index is 1380. The first-order chi connectivity index (χ1) is 21.3. The number of rotatable bonds is 6. The van der Waals surface area contributed by atoms with Crippen molar-refractivity contribution >= 4 is 41.4 Å². The molecule has 244 valence electrons. The number of carbonyl (C=O) groups excluding carboxylic acids is 1. The van der Waals surface area contributed by atoms with Gasteiger partial charge in [-0.2, -0.15) is 0 Å². The number of amides is 1. The minimum atomic E-state index is -0.528. The summed E-state index contributed by atoms with van der Waals surface area (Å²) in [5.74, 6) is 0.856. The van der Waals surface area contributed by atoms with Gasteiger partial charge in [-0.15, -0.1) is 0 Å². The summed E-state index contributed by atoms with van der Waals surface area (Å²) in [6.07, 6.45) is 6.87. The monoisotopic (exact) mass is 618 g/mol. The first-order valence-corrected chi connectivity index (χ1v) is 17.0. The maximum absolute atomic E-state index is 14.5. The van der Waals surface area contributed by atoms with Crippen molar-refractivity contribution in [1.82, 2.24) is 4.98 Å². The van der Waals surface area contributed by atoms with Gasteiger partial charge in [0.15, 0.2) is 0 Å². The van der Waals surface area contributed by atoms with Crippen molar-refractivity contribution in [3.05, 3.63) is 36.0 Å². The lowest BCUT2D eigenvalue weighted by Crippen LogP contribution is -2.48. The summed E-state index contributed by atoms with van der Waals surface area (Å²) in [5, 5.41) is 3.58. The molecule has 9 nitrogen and oxygen atoms in total. The van der Waals surface area contributed by atoms with Crippen molar-refractivity contribution in [2.24, 2.45) is 5.92 Å². The topological polar surface area (TPSA) is 85.4 Å². The lowest BCUT2D eigenvalue weighted by atomic mass is 9.79. The number of hydrogen-bond acceptors (Lipinski definition) is 8. The highest BCUT2D eigenvalue weighted by molar-refractivity contribution is 6.62. The van der Waals surface area contributed by atoms with Crippen LogP contribution in [0.3, 0.4) is 0 Å². The minimum Gasteiger partial charge on any atom is -0.399 e. The number of carbonyl (C=O) groups is 1. The molecule has 1 N–H and O–H groups in total. The van der Waals surface area contributed by atoms with Gasteiger partial charge < -0.3 is 33.9 Å². The predicted molar refractivity (Wildman–Crippen MR) is 180 cm³/mol. The smallest absolute Gasteiger partial charge is 0.399 e. The summed E-state index contributed by atoms with van der Waals surface area (Å²) in [6.45, 7) is 18.7. The zero-order valence-corrected chi connectivity index (χ0v) is 28.4. The molecule has 3 fully saturated rings. The largest absolute Gasteiger partial charge is 0.496 e. The lowest BCUT2D eigenvalue weighted by Gasteiger charge is -2.40. The van der Waals surface area contributed by atoms with E-state index >= 15 is 0 Å². The maximum Gasteiger partial charge on any atom is 0.496 e. The third kappa shape index (κ3) is 6.48. The van der Waals surface area contributed by atoms with E-state index in [2.05, 4.69) is 89.9 Å². The first kappa shape index (κ1) is 32.3. The first-order valence-electron chi connectivity index (χ1n) is 17.0. The van der Waals surface area contributed by atoms with Crippen LogP contribution >= 0.6 is 0 Å². The molecule has 0 unspecified atom stereocenters. The van der Waals surface area contributed by atoms with Crippen LogP contribution in [0.5, 0.6) is 0 Å². The molecule has 10 heteroatoms. The van der Waals surface area contributed by atoms with Crippen molar-refractivity contribution in [2.45, 2.75) is 130 Å². The summed E-state index contributed by atoms with van der Waals surface area (Å²) in [5.41, 5.74) is 3.76. The molecule has 1 saturated carbocycles. The number of ether oxygens (including phenoxy) is 2. The summed E-state index contributed by atoms with van der Waals surface area (Å²) in [7, 11) is -0.528. The van der Waals surface area contributed by atoms with Gasteiger partial charge in [-0.05, 0) is 98.8 Å². The van der Waals surface area contributed by atoms with Crippen LogP contribution < -0.4 is 20.6 Å². The van der Waals surface area contributed by atoms with Crippen molar-refractivity contribution < 1.29 is 23.6 Å². The zero-order valence-electron chi connectivity index (χ0n) is 28.4. The molecular weight excluding hydrogens is 567 g/mol. The van der Waals surface area contributed by atoms with E-state index in [9.17, 15) is 4.79 Å². The van der Waals surface area contributed by atoms with Crippen LogP contribution in [-0.4, -0.2) is 66.7 Å². The highest BCUT2D eigenvalue weighted by Crippen LogP contribution is 2.41. The number of nitrogens with one attached hydrogen (secondary N) is 1. The maximum atomic E-state index is 14.5. The second-order valence-corrected chi connectivity index (χ2v) is 14.6. The molecular formula is C35H51BN4O5. The molecule has 6 rings (SSSR count). The molecule has 2 aromatic rings. The Balaban J connectivity index is 1.33. The van der Waals surface area contributed by atoms with Gasteiger partial charge in [-0.25, -0.2) is 4.98 Å². The quantitative estimate of drug-likeness (QED) is 0.398. The molecule has 1 aliphatic carbocycles. The summed E-state index contributed by atoms with van der Waals surface area (Å²) < 4.78 is 24.9. The van der Waals surface area contributed by atoms with E-state index in [0.29, 0.717) is 13.2 Å². The fourth-order valence-corrected chi connectivity index (χ4v) is 6.95. The average molecular weight is 619 g/mol. The van der Waals surface area contributed by atoms with Crippen molar-refractivity contribution in [1.29, 1.82) is 0 Å². The van der Waals surface area contributed by atoms with Crippen LogP contribution in [0.1, 0.15) is 93.1 Å². The molecule has 4 heterocycles. The van der Waals surface area contributed by atoms with Crippen LogP contribution in [0.25, 0.3) is 0 Å². The zero-order chi connectivity index (χ0) is 32.1. The fraction of sp³-hybridized carbons (Fsp3) is 0.657. The molecule has 4 aliphatic rings. The number of aromatic nitrogens is 1. The predicted octanol–water partition coefficient (Wildman–Crippen LogP) is 5.96. The van der Waals surface area contributed by atoms with E-state index in [4.69, 9.17) is 23.8 Å². The van der Waals surface area contributed by atoms with Crippen molar-refractivity contribution in [2.75, 3.05) is 28.3 Å². The molecule has 2 saturated heterocycles. The van der Waals surface area contributed by atoms with E-state index in [1.807, 2.05) is 11.1 Å². The minimum absolute atomic E-state index is 0.0545. The Morgan fingerprint density at radius 3 is 2.49 bits per heavy atom. The van der Waals surface area contributed by atoms with Crippen LogP contribution in [0, 0.1) is 5.92 Å². The van der Waals surface area contributed by atoms with E-state index in [1.165, 1.54) is 0 Å². The molecule has 1 amide bonds. The summed E-state index contributed by atoms with van der Waals surface area (Å²) >= 11 is 0. The van der Waals surface area contributed by atoms with Gasteiger partial charge >= 0.3 is 7.12 Å². The standard InChI is InChI=1S/C35H51BN4O5/c1-9-28-20-39(23(4)21-42-28)27-12-15-30-31(17-27)40(33(41)24-10-13-29(14-11-24)43-22(2)3)19-25-16-26(18-37-32(25)38-30)36-44-34(5,6)35(7,8)45-36/h12,15-18,22-24,28-29H,9-11,13-14,19-21H2,1-8H3,(H,37,38)/t23-,24?,28-,29?/m0/s1. The van der Waals surface area contributed by atoms with Crippen LogP contribution in [0.15, 0.2) is 30.5 Å². The second kappa shape index (κ2) is 12.5. The van der Waals surface area contributed by atoms with Gasteiger partial charge in [-0.3, -0.25) is 4.79 Å². The second-order valence-electron chi connectivity index (χ2n) is 14.6. The highest BCUT2D eigenvalue weighted by Gasteiger charge is 2.52. The SMILES string of the molecule is CC[C@H]1CN(c2ccc3c(c2)N(C(=O)C2CCC(OC(C)C)CC2)Cc2cc(B4OC(C)(C)C(C)(C)O4)cnc2N3)[C@@H](C)CO1. The van der Waals surface area contributed by atoms with Gasteiger partial charge in [0.1, 0.15) is 5.82 Å². The number of nitrogens with zero attached hydrogens (tertiary/aromatic N) is 3. The van der Waals surface area contributed by atoms with E-state index < -0.39 is 18.3 Å². The van der Waals surface area contributed by atoms with Gasteiger partial charge in [0.05, 0.1) is 54.0 Å². The molecule has 3 aliphatic heterocycles. The molecule has 0 radical (unpaired) electrons. The summed E-state index contributed by atoms with van der Waals surface area (Å²) in [4.78, 5) is 23.8. The Kier molecular flexibility index (Phi) is 8.98. The van der Waals surface area contributed by atoms with Gasteiger partial charge in [0, 0.05) is 41.4 Å². The Morgan fingerprint density at radius 2 is 1.82 bits per heavy atom. The Hall–Kier alpha value is -2.66. The van der Waals surface area contributed by atoms with Crippen LogP contribution in [0.2, 0.25) is 0 Å². The van der Waals surface area contributed by atoms with Gasteiger partial charge in [-0.1, -0.05) is 13.0 Å². The number of hydrogen-bond donors (Lipinski definition) is 1. The van der Waals surface area contributed by atoms with E-state index in [1.54, 1.807) is 0 Å². The van der Waals surface area contributed by atoms with Gasteiger partial charge in [0.2, 0.25) is 5.91 Å². The van der Waals surface area contributed by atoms with E-state index in [-0.39, 0.29) is 36.2 Å². The number of morpholine rings is 1. The van der Waals surface area contributed by atoms with E-state index in [0.717, 1.165) is 72.6 Å². The average Bonchev–Trinajstić information content (AvgIpc) is 3.12. The number of fused-ring (bicyclic) bond motifs is 2. The molecule has 1 aromatic heterocycles. The molecule has 0 bridgehead atoms. The van der Waals surface area contributed by atoms with Crippen LogP contribution in [-0.2, 0) is 30.1 Å². The number of benzene rings is 1. The van der Waals surface area contributed by atoms with Crippen LogP contribution in [0.4, 0.5) is 22.9 Å². The third-order valence-corrected chi connectivity index (χ3v) is 10.4. The highest BCUT2D eigenvalue weighted by atomic mass is 16.7. The van der Waals surface area contributed by atoms with Crippen molar-refractivity contribution in [3.8, 4) is 0 Å². The number of anilines is 4. The Labute approximate surface area is 269 Å². The fourth-order valence-electron chi connectivity index (χ4n) is 6.95. The van der Waals surface area contributed by atoms with Gasteiger partial charge in [0.25, 0.3) is 0 Å². The summed E-state index contributed by atoms with van der Waals surface area (Å²) in [6, 6.07) is 8.77. The normalized spacial score (nSPS) is 27.5. The molecule has 45 heavy (non-hydrogen) atoms. The number of pyridine rings is 1. The van der Waals surface area contributed by atoms with Crippen molar-refractivity contribution in [3.63, 3.8) is 0 Å². The lowest BCUT2D eigenvalue weighted by molar-refractivity contribution is -0.124. The molecule has 0 spiro atoms. The third-order valence-electron chi connectivity index (χ3n) is 10.4.